The second kappa shape index (κ2) is 11.1. The van der Waals surface area contributed by atoms with Crippen LogP contribution in [0.2, 0.25) is 0 Å². The summed E-state index contributed by atoms with van der Waals surface area (Å²) in [4.78, 5) is 13.7. The van der Waals surface area contributed by atoms with Gasteiger partial charge in [0.2, 0.25) is 17.5 Å². The van der Waals surface area contributed by atoms with Crippen LogP contribution in [-0.2, 0) is 9.47 Å². The normalized spacial score (nSPS) is 34.7. The predicted octanol–water partition coefficient (Wildman–Crippen LogP) is -2.30. The van der Waals surface area contributed by atoms with Crippen LogP contribution in [-0.4, -0.2) is 124 Å². The zero-order valence-corrected chi connectivity index (χ0v) is 22.3. The molecule has 10 atom stereocenters. The Morgan fingerprint density at radius 1 is 0.860 bits per heavy atom. The first-order valence-electron chi connectivity index (χ1n) is 13.0. The lowest BCUT2D eigenvalue weighted by Crippen LogP contribution is -2.77. The standard InChI is InChI=1S/C27H30O16/c1-8-17(33)19(35)20(36)25(40-8)27(39)23(37)15(7-28)42-26(24(27)38)43-22-18(34)16-13(32)5-10(29)6-14(16)41-21(22)9-2-3-11(30)12(31)4-9/h2-6,8,15,17,19-20,23-26,28-33,35-39H,7H2,1H3/t8-,15-,17-,19+,20+,23-,24+,25?,26?,27+/m1/s1. The van der Waals surface area contributed by atoms with E-state index >= 15 is 0 Å². The number of ether oxygens (including phenoxy) is 3. The summed E-state index contributed by atoms with van der Waals surface area (Å²) < 4.78 is 22.4. The van der Waals surface area contributed by atoms with Crippen molar-refractivity contribution in [2.45, 2.75) is 67.6 Å². The lowest BCUT2D eigenvalue weighted by Gasteiger charge is -2.54. The van der Waals surface area contributed by atoms with Crippen LogP contribution < -0.4 is 10.2 Å². The number of aliphatic hydroxyl groups is 7. The van der Waals surface area contributed by atoms with E-state index in [9.17, 15) is 61.0 Å². The van der Waals surface area contributed by atoms with E-state index in [1.807, 2.05) is 0 Å². The maximum absolute atomic E-state index is 13.7. The summed E-state index contributed by atoms with van der Waals surface area (Å²) >= 11 is 0. The second-order valence-corrected chi connectivity index (χ2v) is 10.5. The molecular weight excluding hydrogens is 580 g/mol. The Kier molecular flexibility index (Phi) is 7.93. The summed E-state index contributed by atoms with van der Waals surface area (Å²) in [5.74, 6) is -3.68. The lowest BCUT2D eigenvalue weighted by atomic mass is 9.74. The monoisotopic (exact) mass is 610 g/mol. The Hall–Kier alpha value is -3.71. The molecule has 16 heteroatoms. The zero-order chi connectivity index (χ0) is 31.5. The summed E-state index contributed by atoms with van der Waals surface area (Å²) in [6.45, 7) is 0.292. The Labute approximate surface area is 241 Å². The third-order valence-electron chi connectivity index (χ3n) is 7.74. The fraction of sp³-hybridized carbons (Fsp3) is 0.444. The van der Waals surface area contributed by atoms with Crippen molar-refractivity contribution in [2.75, 3.05) is 6.61 Å². The Balaban J connectivity index is 1.65. The van der Waals surface area contributed by atoms with E-state index < -0.39 is 113 Å². The van der Waals surface area contributed by atoms with Gasteiger partial charge in [0.15, 0.2) is 29.0 Å². The number of phenols is 4. The highest BCUT2D eigenvalue weighted by atomic mass is 16.7. The van der Waals surface area contributed by atoms with Crippen LogP contribution in [0.1, 0.15) is 6.92 Å². The number of benzene rings is 2. The van der Waals surface area contributed by atoms with Crippen LogP contribution in [0.4, 0.5) is 0 Å². The molecule has 5 rings (SSSR count). The van der Waals surface area contributed by atoms with E-state index in [-0.39, 0.29) is 11.1 Å². The maximum Gasteiger partial charge on any atom is 0.239 e. The van der Waals surface area contributed by atoms with E-state index in [4.69, 9.17) is 18.6 Å². The van der Waals surface area contributed by atoms with Gasteiger partial charge in [-0.2, -0.15) is 0 Å². The topological polar surface area (TPSA) is 280 Å². The molecule has 3 heterocycles. The summed E-state index contributed by atoms with van der Waals surface area (Å²) in [5.41, 5.74) is -4.51. The first kappa shape index (κ1) is 30.7. The second-order valence-electron chi connectivity index (χ2n) is 10.5. The molecule has 2 saturated heterocycles. The average molecular weight is 611 g/mol. The third kappa shape index (κ3) is 4.92. The van der Waals surface area contributed by atoms with Crippen molar-refractivity contribution in [2.24, 2.45) is 0 Å². The minimum Gasteiger partial charge on any atom is -0.508 e. The number of hydrogen-bond acceptors (Lipinski definition) is 16. The predicted molar refractivity (Wildman–Crippen MR) is 140 cm³/mol. The SMILES string of the molecule is C[C@H]1OC([C@]2(O)[C@H](O)[C@@H](CO)OC(Oc3c(-c4ccc(O)c(O)c4)oc4cc(O)cc(O)c4c3=O)[C@@H]2O)[C@@H](O)[C@@H](O)[C@@H]1O. The maximum atomic E-state index is 13.7. The number of fused-ring (bicyclic) bond motifs is 1. The van der Waals surface area contributed by atoms with Crippen molar-refractivity contribution in [3.63, 3.8) is 0 Å². The first-order chi connectivity index (χ1) is 20.2. The van der Waals surface area contributed by atoms with E-state index in [2.05, 4.69) is 0 Å². The van der Waals surface area contributed by atoms with E-state index in [0.717, 1.165) is 24.3 Å². The molecule has 2 fully saturated rings. The number of aromatic hydroxyl groups is 4. The number of rotatable bonds is 5. The summed E-state index contributed by atoms with van der Waals surface area (Å²) in [6.07, 6.45) is -17.3. The van der Waals surface area contributed by atoms with Crippen molar-refractivity contribution in [3.05, 3.63) is 40.6 Å². The Bertz CT molecular complexity index is 1570. The summed E-state index contributed by atoms with van der Waals surface area (Å²) in [7, 11) is 0. The van der Waals surface area contributed by atoms with Crippen molar-refractivity contribution in [1.29, 1.82) is 0 Å². The molecule has 0 radical (unpaired) electrons. The molecule has 0 bridgehead atoms. The molecular formula is C27H30O16. The van der Waals surface area contributed by atoms with Gasteiger partial charge in [-0.1, -0.05) is 0 Å². The van der Waals surface area contributed by atoms with Gasteiger partial charge >= 0.3 is 0 Å². The average Bonchev–Trinajstić information content (AvgIpc) is 2.96. The minimum absolute atomic E-state index is 0.0941. The molecule has 43 heavy (non-hydrogen) atoms. The molecule has 1 aromatic heterocycles. The molecule has 234 valence electrons. The lowest BCUT2D eigenvalue weighted by molar-refractivity contribution is -0.361. The van der Waals surface area contributed by atoms with Crippen LogP contribution in [0.5, 0.6) is 28.7 Å². The molecule has 2 aromatic carbocycles. The molecule has 0 saturated carbocycles. The largest absolute Gasteiger partial charge is 0.508 e. The van der Waals surface area contributed by atoms with Crippen LogP contribution >= 0.6 is 0 Å². The highest BCUT2D eigenvalue weighted by Crippen LogP contribution is 2.42. The number of phenolic OH excluding ortho intramolecular Hbond substituents is 4. The van der Waals surface area contributed by atoms with Gasteiger partial charge in [-0.15, -0.1) is 0 Å². The highest BCUT2D eigenvalue weighted by Gasteiger charge is 2.64. The quantitative estimate of drug-likeness (QED) is 0.135. The molecule has 16 nitrogen and oxygen atoms in total. The van der Waals surface area contributed by atoms with Crippen LogP contribution in [0.25, 0.3) is 22.3 Å². The van der Waals surface area contributed by atoms with E-state index in [0.29, 0.717) is 0 Å². The third-order valence-corrected chi connectivity index (χ3v) is 7.74. The summed E-state index contributed by atoms with van der Waals surface area (Å²) in [5, 5.41) is 115. The molecule has 0 amide bonds. The first-order valence-corrected chi connectivity index (χ1v) is 13.0. The van der Waals surface area contributed by atoms with Gasteiger partial charge in [0.1, 0.15) is 59.1 Å². The molecule has 2 aliphatic heterocycles. The van der Waals surface area contributed by atoms with E-state index in [1.54, 1.807) is 0 Å². The Morgan fingerprint density at radius 2 is 1.56 bits per heavy atom. The van der Waals surface area contributed by atoms with Gasteiger partial charge in [0.25, 0.3) is 0 Å². The number of hydrogen-bond donors (Lipinski definition) is 11. The molecule has 0 spiro atoms. The van der Waals surface area contributed by atoms with Crippen molar-refractivity contribution in [1.82, 2.24) is 0 Å². The van der Waals surface area contributed by atoms with Gasteiger partial charge < -0.3 is 74.8 Å². The van der Waals surface area contributed by atoms with Crippen LogP contribution in [0.15, 0.2) is 39.5 Å². The molecule has 2 aliphatic rings. The smallest absolute Gasteiger partial charge is 0.239 e. The fourth-order valence-corrected chi connectivity index (χ4v) is 5.36. The van der Waals surface area contributed by atoms with Gasteiger partial charge in [0, 0.05) is 17.7 Å². The van der Waals surface area contributed by atoms with Crippen LogP contribution in [0, 0.1) is 0 Å². The Morgan fingerprint density at radius 3 is 2.21 bits per heavy atom. The van der Waals surface area contributed by atoms with E-state index in [1.165, 1.54) is 13.0 Å². The van der Waals surface area contributed by atoms with Crippen molar-refractivity contribution >= 4 is 11.0 Å². The van der Waals surface area contributed by atoms with Gasteiger partial charge in [-0.25, -0.2) is 0 Å². The summed E-state index contributed by atoms with van der Waals surface area (Å²) in [6, 6.07) is 5.05. The van der Waals surface area contributed by atoms with Crippen molar-refractivity contribution in [3.8, 4) is 40.1 Å². The fourth-order valence-electron chi connectivity index (χ4n) is 5.36. The zero-order valence-electron chi connectivity index (χ0n) is 22.3. The van der Waals surface area contributed by atoms with Gasteiger partial charge in [-0.3, -0.25) is 4.79 Å². The molecule has 0 aliphatic carbocycles. The molecule has 2 unspecified atom stereocenters. The highest BCUT2D eigenvalue weighted by molar-refractivity contribution is 5.88. The van der Waals surface area contributed by atoms with Gasteiger partial charge in [-0.05, 0) is 25.1 Å². The van der Waals surface area contributed by atoms with Crippen molar-refractivity contribution < 1.29 is 74.8 Å². The van der Waals surface area contributed by atoms with Gasteiger partial charge in [0.05, 0.1) is 12.7 Å². The number of aliphatic hydroxyl groups excluding tert-OH is 6. The van der Waals surface area contributed by atoms with Crippen LogP contribution in [0.3, 0.4) is 0 Å². The molecule has 3 aromatic rings. The molecule has 11 N–H and O–H groups in total. The minimum atomic E-state index is -2.97.